The van der Waals surface area contributed by atoms with Gasteiger partial charge in [-0.05, 0) is 17.7 Å². The summed E-state index contributed by atoms with van der Waals surface area (Å²) in [6.45, 7) is 0.760. The summed E-state index contributed by atoms with van der Waals surface area (Å²) in [5.41, 5.74) is 1.28. The maximum atomic E-state index is 11.9. The van der Waals surface area contributed by atoms with Crippen LogP contribution in [0, 0.1) is 0 Å². The summed E-state index contributed by atoms with van der Waals surface area (Å²) < 4.78 is 15.9. The Bertz CT molecular complexity index is 709. The minimum atomic E-state index is -0.453. The van der Waals surface area contributed by atoms with E-state index in [0.717, 1.165) is 5.56 Å². The molecule has 5 nitrogen and oxygen atoms in total. The molecule has 0 aliphatic carbocycles. The molecule has 0 spiro atoms. The van der Waals surface area contributed by atoms with Gasteiger partial charge in [0.2, 0.25) is 0 Å². The number of esters is 1. The molecule has 5 heteroatoms. The summed E-state index contributed by atoms with van der Waals surface area (Å²) >= 11 is 0. The lowest BCUT2D eigenvalue weighted by atomic mass is 10.1. The van der Waals surface area contributed by atoms with Crippen LogP contribution in [0.4, 0.5) is 0 Å². The van der Waals surface area contributed by atoms with Crippen molar-refractivity contribution in [3.8, 4) is 11.5 Å². The van der Waals surface area contributed by atoms with Gasteiger partial charge < -0.3 is 14.2 Å². The van der Waals surface area contributed by atoms with Crippen LogP contribution in [-0.2, 0) is 16.0 Å². The molecule has 0 atom stereocenters. The van der Waals surface area contributed by atoms with Crippen molar-refractivity contribution < 1.29 is 23.8 Å². The number of ketones is 1. The SMILES string of the molecule is O=C(Cc1ccc2c(c1)OCCO2)OCC(=O)c1ccccc1. The number of hydrogen-bond acceptors (Lipinski definition) is 5. The highest BCUT2D eigenvalue weighted by Gasteiger charge is 2.14. The highest BCUT2D eigenvalue weighted by atomic mass is 16.6. The van der Waals surface area contributed by atoms with Gasteiger partial charge >= 0.3 is 5.97 Å². The van der Waals surface area contributed by atoms with Gasteiger partial charge in [0, 0.05) is 5.56 Å². The molecule has 2 aromatic carbocycles. The molecule has 0 saturated heterocycles. The fraction of sp³-hybridized carbons (Fsp3) is 0.222. The summed E-state index contributed by atoms with van der Waals surface area (Å²) in [6, 6.07) is 14.1. The van der Waals surface area contributed by atoms with E-state index < -0.39 is 5.97 Å². The number of ether oxygens (including phenoxy) is 3. The third kappa shape index (κ3) is 3.88. The quantitative estimate of drug-likeness (QED) is 0.627. The molecular formula is C18H16O5. The minimum absolute atomic E-state index is 0.0821. The van der Waals surface area contributed by atoms with E-state index in [0.29, 0.717) is 30.3 Å². The van der Waals surface area contributed by atoms with E-state index in [1.165, 1.54) is 0 Å². The van der Waals surface area contributed by atoms with Crippen LogP contribution in [0.1, 0.15) is 15.9 Å². The average molecular weight is 312 g/mol. The van der Waals surface area contributed by atoms with Gasteiger partial charge in [-0.1, -0.05) is 36.4 Å². The topological polar surface area (TPSA) is 61.8 Å². The Balaban J connectivity index is 1.54. The molecule has 0 aromatic heterocycles. The molecule has 0 N–H and O–H groups in total. The van der Waals surface area contributed by atoms with Gasteiger partial charge in [-0.15, -0.1) is 0 Å². The molecule has 0 bridgehead atoms. The molecule has 118 valence electrons. The number of benzene rings is 2. The average Bonchev–Trinajstić information content (AvgIpc) is 2.60. The Labute approximate surface area is 133 Å². The first-order valence-electron chi connectivity index (χ1n) is 7.35. The van der Waals surface area contributed by atoms with Crippen LogP contribution in [0.15, 0.2) is 48.5 Å². The number of hydrogen-bond donors (Lipinski definition) is 0. The molecule has 0 saturated carbocycles. The van der Waals surface area contributed by atoms with Crippen LogP contribution in [0.3, 0.4) is 0 Å². The first-order chi connectivity index (χ1) is 11.2. The van der Waals surface area contributed by atoms with Crippen LogP contribution < -0.4 is 9.47 Å². The van der Waals surface area contributed by atoms with Crippen molar-refractivity contribution in [2.24, 2.45) is 0 Å². The standard InChI is InChI=1S/C18H16O5/c19-15(14-4-2-1-3-5-14)12-23-18(20)11-13-6-7-16-17(10-13)22-9-8-21-16/h1-7,10H,8-9,11-12H2. The Kier molecular flexibility index (Phi) is 4.57. The van der Waals surface area contributed by atoms with Crippen molar-refractivity contribution in [1.29, 1.82) is 0 Å². The summed E-state index contributed by atoms with van der Waals surface area (Å²) in [6.07, 6.45) is 0.0821. The van der Waals surface area contributed by atoms with E-state index in [1.807, 2.05) is 6.07 Å². The maximum Gasteiger partial charge on any atom is 0.310 e. The van der Waals surface area contributed by atoms with Crippen molar-refractivity contribution in [3.05, 3.63) is 59.7 Å². The Morgan fingerprint density at radius 1 is 0.957 bits per heavy atom. The van der Waals surface area contributed by atoms with E-state index in [2.05, 4.69) is 0 Å². The summed E-state index contributed by atoms with van der Waals surface area (Å²) in [5, 5.41) is 0. The molecule has 2 aromatic rings. The molecule has 0 amide bonds. The third-order valence-corrected chi connectivity index (χ3v) is 3.42. The van der Waals surface area contributed by atoms with Crippen LogP contribution in [-0.4, -0.2) is 31.6 Å². The third-order valence-electron chi connectivity index (χ3n) is 3.42. The van der Waals surface area contributed by atoms with Gasteiger partial charge in [0.1, 0.15) is 13.2 Å². The number of fused-ring (bicyclic) bond motifs is 1. The van der Waals surface area contributed by atoms with Crippen molar-refractivity contribution in [2.45, 2.75) is 6.42 Å². The van der Waals surface area contributed by atoms with Crippen LogP contribution >= 0.6 is 0 Å². The molecule has 1 aliphatic heterocycles. The Morgan fingerprint density at radius 2 is 1.70 bits per heavy atom. The van der Waals surface area contributed by atoms with Crippen molar-refractivity contribution >= 4 is 11.8 Å². The lowest BCUT2D eigenvalue weighted by molar-refractivity contribution is -0.141. The fourth-order valence-electron chi connectivity index (χ4n) is 2.27. The predicted octanol–water partition coefficient (Wildman–Crippen LogP) is 2.43. The smallest absolute Gasteiger partial charge is 0.310 e. The zero-order valence-electron chi connectivity index (χ0n) is 12.5. The van der Waals surface area contributed by atoms with E-state index in [9.17, 15) is 9.59 Å². The van der Waals surface area contributed by atoms with E-state index >= 15 is 0 Å². The molecule has 23 heavy (non-hydrogen) atoms. The monoisotopic (exact) mass is 312 g/mol. The molecule has 0 radical (unpaired) electrons. The lowest BCUT2D eigenvalue weighted by Gasteiger charge is -2.18. The predicted molar refractivity (Wildman–Crippen MR) is 82.9 cm³/mol. The molecular weight excluding hydrogens is 296 g/mol. The first kappa shape index (κ1) is 15.1. The van der Waals surface area contributed by atoms with Crippen LogP contribution in [0.5, 0.6) is 11.5 Å². The number of carbonyl (C=O) groups excluding carboxylic acids is 2. The molecule has 1 heterocycles. The van der Waals surface area contributed by atoms with E-state index in [-0.39, 0.29) is 18.8 Å². The van der Waals surface area contributed by atoms with Crippen molar-refractivity contribution in [1.82, 2.24) is 0 Å². The van der Waals surface area contributed by atoms with Crippen LogP contribution in [0.2, 0.25) is 0 Å². The summed E-state index contributed by atoms with van der Waals surface area (Å²) in [4.78, 5) is 23.7. The molecule has 3 rings (SSSR count). The maximum absolute atomic E-state index is 11.9. The highest BCUT2D eigenvalue weighted by Crippen LogP contribution is 2.30. The second-order valence-electron chi connectivity index (χ2n) is 5.10. The second kappa shape index (κ2) is 6.96. The Morgan fingerprint density at radius 3 is 2.48 bits per heavy atom. The van der Waals surface area contributed by atoms with Gasteiger partial charge in [-0.25, -0.2) is 0 Å². The molecule has 1 aliphatic rings. The second-order valence-corrected chi connectivity index (χ2v) is 5.10. The minimum Gasteiger partial charge on any atom is -0.486 e. The van der Waals surface area contributed by atoms with E-state index in [4.69, 9.17) is 14.2 Å². The number of Topliss-reactive ketones (excluding diaryl/α,β-unsaturated/α-hetero) is 1. The number of rotatable bonds is 5. The van der Waals surface area contributed by atoms with Crippen molar-refractivity contribution in [2.75, 3.05) is 19.8 Å². The summed E-state index contributed by atoms with van der Waals surface area (Å²) in [7, 11) is 0. The van der Waals surface area contributed by atoms with Crippen molar-refractivity contribution in [3.63, 3.8) is 0 Å². The highest BCUT2D eigenvalue weighted by molar-refractivity contribution is 5.97. The van der Waals surface area contributed by atoms with Gasteiger partial charge in [-0.2, -0.15) is 0 Å². The van der Waals surface area contributed by atoms with Gasteiger partial charge in [0.25, 0.3) is 0 Å². The first-order valence-corrected chi connectivity index (χ1v) is 7.35. The van der Waals surface area contributed by atoms with Gasteiger partial charge in [-0.3, -0.25) is 9.59 Å². The lowest BCUT2D eigenvalue weighted by Crippen LogP contribution is -2.17. The largest absolute Gasteiger partial charge is 0.486 e. The molecule has 0 fully saturated rings. The van der Waals surface area contributed by atoms with Gasteiger partial charge in [0.15, 0.2) is 23.9 Å². The fourth-order valence-corrected chi connectivity index (χ4v) is 2.27. The molecule has 0 unspecified atom stereocenters. The normalized spacial score (nSPS) is 12.5. The van der Waals surface area contributed by atoms with E-state index in [1.54, 1.807) is 42.5 Å². The Hall–Kier alpha value is -2.82. The zero-order chi connectivity index (χ0) is 16.1. The van der Waals surface area contributed by atoms with Gasteiger partial charge in [0.05, 0.1) is 6.42 Å². The zero-order valence-corrected chi connectivity index (χ0v) is 12.5. The number of carbonyl (C=O) groups is 2. The summed E-state index contributed by atoms with van der Waals surface area (Å²) in [5.74, 6) is 0.626. The van der Waals surface area contributed by atoms with Crippen LogP contribution in [0.25, 0.3) is 0 Å².